The van der Waals surface area contributed by atoms with Crippen molar-refractivity contribution in [1.29, 1.82) is 0 Å². The van der Waals surface area contributed by atoms with Crippen LogP contribution >= 0.6 is 0 Å². The van der Waals surface area contributed by atoms with Crippen LogP contribution in [-0.4, -0.2) is 40.9 Å². The van der Waals surface area contributed by atoms with Gasteiger partial charge in [0, 0.05) is 12.0 Å². The van der Waals surface area contributed by atoms with Crippen molar-refractivity contribution in [2.24, 2.45) is 5.92 Å². The van der Waals surface area contributed by atoms with E-state index in [0.717, 1.165) is 6.08 Å². The van der Waals surface area contributed by atoms with Gasteiger partial charge in [-0.05, 0) is 18.8 Å². The molecule has 0 bridgehead atoms. The van der Waals surface area contributed by atoms with E-state index in [1.165, 1.54) is 0 Å². The molecule has 0 aromatic heterocycles. The minimum absolute atomic E-state index is 0.191. The fraction of sp³-hybridized carbons (Fsp3) is 0.750. The van der Waals surface area contributed by atoms with Crippen molar-refractivity contribution in [3.05, 3.63) is 11.6 Å². The van der Waals surface area contributed by atoms with Crippen LogP contribution in [0.4, 0.5) is 48.3 Å². The van der Waals surface area contributed by atoms with Crippen LogP contribution in [-0.2, 0) is 4.79 Å². The van der Waals surface area contributed by atoms with Crippen molar-refractivity contribution in [3.8, 4) is 0 Å². The Morgan fingerprint density at radius 3 is 1.80 bits per heavy atom. The average molecular weight is 394 g/mol. The molecule has 1 rings (SSSR count). The molecule has 25 heavy (non-hydrogen) atoms. The standard InChI is InChI=1S/C12H9F11O2/c13-8(14,4-5-2-1-3-6(5)7(24)25)9(15,16)10(17,18)11(19,20)12(21,22)23/h3,5H,1-2,4H2,(H,24,25). The van der Waals surface area contributed by atoms with Gasteiger partial charge in [-0.3, -0.25) is 0 Å². The second-order valence-corrected chi connectivity index (χ2v) is 5.37. The molecule has 0 amide bonds. The number of carbonyl (C=O) groups is 1. The van der Waals surface area contributed by atoms with Crippen molar-refractivity contribution in [1.82, 2.24) is 0 Å². The molecule has 1 unspecified atom stereocenters. The Morgan fingerprint density at radius 2 is 1.40 bits per heavy atom. The molecule has 2 nitrogen and oxygen atoms in total. The molecule has 0 radical (unpaired) electrons. The highest BCUT2D eigenvalue weighted by Gasteiger charge is 2.87. The zero-order valence-electron chi connectivity index (χ0n) is 11.8. The van der Waals surface area contributed by atoms with E-state index < -0.39 is 60.2 Å². The van der Waals surface area contributed by atoms with Gasteiger partial charge in [-0.25, -0.2) is 4.79 Å². The summed E-state index contributed by atoms with van der Waals surface area (Å²) in [5, 5.41) is 8.66. The molecule has 0 saturated carbocycles. The van der Waals surface area contributed by atoms with E-state index in [2.05, 4.69) is 0 Å². The fourth-order valence-electron chi connectivity index (χ4n) is 2.28. The lowest BCUT2D eigenvalue weighted by atomic mass is 9.88. The summed E-state index contributed by atoms with van der Waals surface area (Å²) in [4.78, 5) is 10.7. The van der Waals surface area contributed by atoms with E-state index in [9.17, 15) is 53.1 Å². The van der Waals surface area contributed by atoms with Gasteiger partial charge in [0.2, 0.25) is 0 Å². The van der Waals surface area contributed by atoms with Gasteiger partial charge >= 0.3 is 35.8 Å². The molecule has 0 saturated heterocycles. The Kier molecular flexibility index (Phi) is 5.16. The molecule has 0 aromatic carbocycles. The van der Waals surface area contributed by atoms with Crippen LogP contribution in [0.5, 0.6) is 0 Å². The number of hydrogen-bond acceptors (Lipinski definition) is 1. The molecule has 1 aliphatic carbocycles. The highest BCUT2D eigenvalue weighted by molar-refractivity contribution is 5.87. The van der Waals surface area contributed by atoms with Gasteiger partial charge in [0.05, 0.1) is 0 Å². The third kappa shape index (κ3) is 3.28. The minimum atomic E-state index is -7.46. The van der Waals surface area contributed by atoms with E-state index in [4.69, 9.17) is 5.11 Å². The lowest BCUT2D eigenvalue weighted by molar-refractivity contribution is -0.423. The summed E-state index contributed by atoms with van der Waals surface area (Å²) in [6.45, 7) is 0. The number of rotatable bonds is 6. The van der Waals surface area contributed by atoms with Crippen LogP contribution in [0, 0.1) is 5.92 Å². The zero-order valence-corrected chi connectivity index (χ0v) is 11.8. The maximum Gasteiger partial charge on any atom is 0.460 e. The van der Waals surface area contributed by atoms with Crippen LogP contribution in [0.25, 0.3) is 0 Å². The van der Waals surface area contributed by atoms with Gasteiger partial charge in [-0.15, -0.1) is 0 Å². The lowest BCUT2D eigenvalue weighted by Crippen LogP contribution is -2.66. The molecule has 0 fully saturated rings. The highest BCUT2D eigenvalue weighted by Crippen LogP contribution is 2.58. The van der Waals surface area contributed by atoms with Crippen LogP contribution in [0.1, 0.15) is 19.3 Å². The normalized spacial score (nSPS) is 20.6. The second kappa shape index (κ2) is 6.01. The third-order valence-corrected chi connectivity index (χ3v) is 3.67. The van der Waals surface area contributed by atoms with Crippen molar-refractivity contribution < 1.29 is 58.2 Å². The molecule has 0 aromatic rings. The molecule has 1 atom stereocenters. The monoisotopic (exact) mass is 394 g/mol. The summed E-state index contributed by atoms with van der Waals surface area (Å²) in [6.07, 6.45) is -9.39. The maximum absolute atomic E-state index is 13.6. The lowest BCUT2D eigenvalue weighted by Gasteiger charge is -2.38. The Balaban J connectivity index is 3.22. The van der Waals surface area contributed by atoms with Crippen LogP contribution in [0.2, 0.25) is 0 Å². The summed E-state index contributed by atoms with van der Waals surface area (Å²) >= 11 is 0. The number of alkyl halides is 11. The zero-order chi connectivity index (χ0) is 20.1. The van der Waals surface area contributed by atoms with Gasteiger partial charge in [0.25, 0.3) is 0 Å². The number of halogens is 11. The van der Waals surface area contributed by atoms with E-state index >= 15 is 0 Å². The number of carboxylic acids is 1. The van der Waals surface area contributed by atoms with E-state index in [-0.39, 0.29) is 6.42 Å². The molecule has 0 aliphatic heterocycles. The van der Waals surface area contributed by atoms with Gasteiger partial charge in [0.15, 0.2) is 0 Å². The largest absolute Gasteiger partial charge is 0.478 e. The van der Waals surface area contributed by atoms with Crippen molar-refractivity contribution >= 4 is 5.97 Å². The number of hydrogen-bond donors (Lipinski definition) is 1. The summed E-state index contributed by atoms with van der Waals surface area (Å²) in [5.74, 6) is -31.8. The Labute approximate surface area is 132 Å². The number of allylic oxidation sites excluding steroid dienone is 1. The first kappa shape index (κ1) is 21.5. The summed E-state index contributed by atoms with van der Waals surface area (Å²) in [6, 6.07) is 0. The molecule has 0 heterocycles. The number of carboxylic acid groups (broad SMARTS) is 1. The van der Waals surface area contributed by atoms with Gasteiger partial charge < -0.3 is 5.11 Å². The average Bonchev–Trinajstić information content (AvgIpc) is 2.84. The summed E-state index contributed by atoms with van der Waals surface area (Å²) in [5.41, 5.74) is -0.832. The smallest absolute Gasteiger partial charge is 0.460 e. The Morgan fingerprint density at radius 1 is 0.920 bits per heavy atom. The third-order valence-electron chi connectivity index (χ3n) is 3.67. The predicted octanol–water partition coefficient (Wildman–Crippen LogP) is 4.90. The highest BCUT2D eigenvalue weighted by atomic mass is 19.4. The van der Waals surface area contributed by atoms with Gasteiger partial charge in [-0.1, -0.05) is 6.08 Å². The van der Waals surface area contributed by atoms with Crippen molar-refractivity contribution in [3.63, 3.8) is 0 Å². The maximum atomic E-state index is 13.6. The van der Waals surface area contributed by atoms with Crippen LogP contribution < -0.4 is 0 Å². The van der Waals surface area contributed by atoms with Crippen molar-refractivity contribution in [2.45, 2.75) is 49.1 Å². The SMILES string of the molecule is O=C(O)C1=CCCC1CC(F)(F)C(F)(F)C(F)(F)C(F)(F)C(F)(F)F. The number of aliphatic carboxylic acids is 1. The fourth-order valence-corrected chi connectivity index (χ4v) is 2.28. The molecule has 0 spiro atoms. The van der Waals surface area contributed by atoms with E-state index in [1.807, 2.05) is 0 Å². The first-order valence-corrected chi connectivity index (χ1v) is 6.41. The Hall–Kier alpha value is -1.56. The van der Waals surface area contributed by atoms with Gasteiger partial charge in [0.1, 0.15) is 0 Å². The minimum Gasteiger partial charge on any atom is -0.478 e. The molecular weight excluding hydrogens is 385 g/mol. The Bertz CT molecular complexity index is 562. The second-order valence-electron chi connectivity index (χ2n) is 5.37. The first-order chi connectivity index (χ1) is 10.9. The molecular formula is C12H9F11O2. The topological polar surface area (TPSA) is 37.3 Å². The van der Waals surface area contributed by atoms with E-state index in [0.29, 0.717) is 0 Å². The molecule has 13 heteroatoms. The van der Waals surface area contributed by atoms with Crippen LogP contribution in [0.3, 0.4) is 0 Å². The molecule has 1 aliphatic rings. The summed E-state index contributed by atoms with van der Waals surface area (Å²) < 4.78 is 141. The predicted molar refractivity (Wildman–Crippen MR) is 58.9 cm³/mol. The summed E-state index contributed by atoms with van der Waals surface area (Å²) in [7, 11) is 0. The van der Waals surface area contributed by atoms with Crippen molar-refractivity contribution in [2.75, 3.05) is 0 Å². The van der Waals surface area contributed by atoms with E-state index in [1.54, 1.807) is 0 Å². The first-order valence-electron chi connectivity index (χ1n) is 6.41. The quantitative estimate of drug-likeness (QED) is 0.651. The molecule has 1 N–H and O–H groups in total. The van der Waals surface area contributed by atoms with Crippen LogP contribution in [0.15, 0.2) is 11.6 Å². The molecule has 146 valence electrons. The van der Waals surface area contributed by atoms with Gasteiger partial charge in [-0.2, -0.15) is 48.3 Å².